The molecule has 2 N–H and O–H groups in total. The average Bonchev–Trinajstić information content (AvgIpc) is 2.29. The molecule has 1 atom stereocenters. The van der Waals surface area contributed by atoms with Gasteiger partial charge < -0.3 is 5.73 Å². The normalized spacial score (nSPS) is 20.2. The molecule has 0 saturated heterocycles. The molecule has 0 unspecified atom stereocenters. The van der Waals surface area contributed by atoms with Crippen LogP contribution >= 0.6 is 0 Å². The van der Waals surface area contributed by atoms with Crippen LogP contribution in [0, 0.1) is 0 Å². The lowest BCUT2D eigenvalue weighted by Crippen LogP contribution is -2.17. The Kier molecular flexibility index (Phi) is 2.00. The van der Waals surface area contributed by atoms with E-state index in [-0.39, 0.29) is 6.04 Å². The van der Waals surface area contributed by atoms with Crippen LogP contribution in [0.1, 0.15) is 30.0 Å². The fraction of sp³-hybridized carbons (Fsp3) is 0.286. The summed E-state index contributed by atoms with van der Waals surface area (Å²) in [6.07, 6.45) is 3.54. The Morgan fingerprint density at radius 3 is 2.87 bits per heavy atom. The van der Waals surface area contributed by atoms with E-state index < -0.39 is 0 Å². The summed E-state index contributed by atoms with van der Waals surface area (Å²) < 4.78 is 0. The van der Waals surface area contributed by atoms with Crippen LogP contribution in [0.4, 0.5) is 0 Å². The van der Waals surface area contributed by atoms with Gasteiger partial charge in [-0.2, -0.15) is 0 Å². The van der Waals surface area contributed by atoms with Crippen LogP contribution in [0.5, 0.6) is 0 Å². The monoisotopic (exact) mass is 197 g/mol. The van der Waals surface area contributed by atoms with Crippen molar-refractivity contribution in [1.82, 2.24) is 0 Å². The van der Waals surface area contributed by atoms with E-state index in [1.54, 1.807) is 0 Å². The van der Waals surface area contributed by atoms with Gasteiger partial charge in [-0.3, -0.25) is 0 Å². The second-order valence-corrected chi connectivity index (χ2v) is 4.35. The second kappa shape index (κ2) is 3.35. The zero-order valence-corrected chi connectivity index (χ0v) is 8.74. The van der Waals surface area contributed by atoms with E-state index in [0.29, 0.717) is 0 Å². The third-order valence-electron chi connectivity index (χ3n) is 3.42. The molecule has 0 fully saturated rings. The quantitative estimate of drug-likeness (QED) is 0.689. The first kappa shape index (κ1) is 8.93. The number of fused-ring (bicyclic) bond motifs is 3. The number of benzene rings is 2. The minimum atomic E-state index is 0.248. The van der Waals surface area contributed by atoms with Gasteiger partial charge in [0.05, 0.1) is 0 Å². The van der Waals surface area contributed by atoms with Crippen LogP contribution < -0.4 is 5.73 Å². The molecule has 0 bridgehead atoms. The molecule has 0 aliphatic heterocycles. The van der Waals surface area contributed by atoms with Crippen LogP contribution in [0.3, 0.4) is 0 Å². The first-order valence-electron chi connectivity index (χ1n) is 5.62. The number of nitrogens with two attached hydrogens (primary N) is 1. The van der Waals surface area contributed by atoms with Crippen molar-refractivity contribution in [3.05, 3.63) is 47.5 Å². The minimum absolute atomic E-state index is 0.248. The number of aryl methyl sites for hydroxylation is 1. The molecule has 1 aliphatic rings. The molecule has 2 aromatic rings. The molecule has 1 nitrogen and oxygen atoms in total. The zero-order valence-electron chi connectivity index (χ0n) is 8.74. The summed E-state index contributed by atoms with van der Waals surface area (Å²) in [5.74, 6) is 0. The summed E-state index contributed by atoms with van der Waals surface area (Å²) in [5.41, 5.74) is 8.98. The molecule has 0 aromatic heterocycles. The largest absolute Gasteiger partial charge is 0.324 e. The summed E-state index contributed by atoms with van der Waals surface area (Å²) in [6, 6.07) is 13.3. The van der Waals surface area contributed by atoms with E-state index in [1.807, 2.05) is 0 Å². The highest BCUT2D eigenvalue weighted by molar-refractivity contribution is 5.87. The average molecular weight is 197 g/mol. The summed E-state index contributed by atoms with van der Waals surface area (Å²) >= 11 is 0. The summed E-state index contributed by atoms with van der Waals surface area (Å²) in [4.78, 5) is 0. The first-order chi connectivity index (χ1) is 7.36. The predicted molar refractivity (Wildman–Crippen MR) is 63.8 cm³/mol. The highest BCUT2D eigenvalue weighted by Gasteiger charge is 2.17. The molecule has 0 amide bonds. The van der Waals surface area contributed by atoms with Gasteiger partial charge >= 0.3 is 0 Å². The van der Waals surface area contributed by atoms with Gasteiger partial charge in [0.1, 0.15) is 0 Å². The molecule has 15 heavy (non-hydrogen) atoms. The van der Waals surface area contributed by atoms with Crippen molar-refractivity contribution in [3.8, 4) is 0 Å². The molecule has 3 rings (SSSR count). The van der Waals surface area contributed by atoms with E-state index in [9.17, 15) is 0 Å². The van der Waals surface area contributed by atoms with Crippen molar-refractivity contribution in [3.63, 3.8) is 0 Å². The second-order valence-electron chi connectivity index (χ2n) is 4.35. The predicted octanol–water partition coefficient (Wildman–Crippen LogP) is 3.18. The van der Waals surface area contributed by atoms with Crippen LogP contribution in [0.2, 0.25) is 0 Å². The maximum Gasteiger partial charge on any atom is 0.0297 e. The fourth-order valence-corrected chi connectivity index (χ4v) is 2.63. The highest BCUT2D eigenvalue weighted by atomic mass is 14.6. The molecule has 0 spiro atoms. The van der Waals surface area contributed by atoms with Crippen molar-refractivity contribution >= 4 is 10.8 Å². The van der Waals surface area contributed by atoms with Gasteiger partial charge in [0, 0.05) is 6.04 Å². The van der Waals surface area contributed by atoms with Gasteiger partial charge in [0.2, 0.25) is 0 Å². The lowest BCUT2D eigenvalue weighted by atomic mass is 9.85. The van der Waals surface area contributed by atoms with Crippen LogP contribution in [0.25, 0.3) is 10.8 Å². The Bertz CT molecular complexity index is 502. The van der Waals surface area contributed by atoms with Crippen LogP contribution in [-0.4, -0.2) is 0 Å². The third-order valence-corrected chi connectivity index (χ3v) is 3.42. The first-order valence-corrected chi connectivity index (χ1v) is 5.62. The van der Waals surface area contributed by atoms with Crippen molar-refractivity contribution in [1.29, 1.82) is 0 Å². The Labute approximate surface area is 89.9 Å². The van der Waals surface area contributed by atoms with Gasteiger partial charge in [-0.25, -0.2) is 0 Å². The topological polar surface area (TPSA) is 26.0 Å². The van der Waals surface area contributed by atoms with Crippen molar-refractivity contribution in [2.45, 2.75) is 25.3 Å². The van der Waals surface area contributed by atoms with Crippen molar-refractivity contribution in [2.75, 3.05) is 0 Å². The molecule has 76 valence electrons. The molecule has 2 aromatic carbocycles. The van der Waals surface area contributed by atoms with Crippen LogP contribution in [-0.2, 0) is 6.42 Å². The van der Waals surface area contributed by atoms with Crippen molar-refractivity contribution < 1.29 is 0 Å². The Morgan fingerprint density at radius 2 is 1.93 bits per heavy atom. The minimum Gasteiger partial charge on any atom is -0.324 e. The van der Waals surface area contributed by atoms with E-state index in [1.165, 1.54) is 34.7 Å². The molecule has 1 aliphatic carbocycles. The smallest absolute Gasteiger partial charge is 0.0297 e. The molecule has 0 heterocycles. The zero-order chi connectivity index (χ0) is 10.3. The summed E-state index contributed by atoms with van der Waals surface area (Å²) in [6.45, 7) is 0. The fourth-order valence-electron chi connectivity index (χ4n) is 2.63. The van der Waals surface area contributed by atoms with E-state index in [4.69, 9.17) is 5.73 Å². The highest BCUT2D eigenvalue weighted by Crippen LogP contribution is 2.33. The lowest BCUT2D eigenvalue weighted by molar-refractivity contribution is 0.573. The summed E-state index contributed by atoms with van der Waals surface area (Å²) in [5, 5.41) is 2.73. The van der Waals surface area contributed by atoms with E-state index in [0.717, 1.165) is 6.42 Å². The molecular formula is C14H15N. The van der Waals surface area contributed by atoms with Gasteiger partial charge in [0.25, 0.3) is 0 Å². The Hall–Kier alpha value is -1.34. The Balaban J connectivity index is 2.33. The van der Waals surface area contributed by atoms with E-state index >= 15 is 0 Å². The summed E-state index contributed by atoms with van der Waals surface area (Å²) in [7, 11) is 0. The molecule has 0 saturated carbocycles. The van der Waals surface area contributed by atoms with Gasteiger partial charge in [-0.1, -0.05) is 36.4 Å². The molecule has 0 radical (unpaired) electrons. The van der Waals surface area contributed by atoms with Crippen molar-refractivity contribution in [2.24, 2.45) is 5.73 Å². The maximum atomic E-state index is 6.14. The van der Waals surface area contributed by atoms with E-state index in [2.05, 4.69) is 36.4 Å². The number of hydrogen-bond acceptors (Lipinski definition) is 1. The Morgan fingerprint density at radius 1 is 1.07 bits per heavy atom. The molecular weight excluding hydrogens is 182 g/mol. The van der Waals surface area contributed by atoms with Gasteiger partial charge in [0.15, 0.2) is 0 Å². The number of rotatable bonds is 0. The SMILES string of the molecule is N[C@@H]1CCCc2c1ccc1ccccc21. The third kappa shape index (κ3) is 1.35. The number of hydrogen-bond donors (Lipinski definition) is 1. The van der Waals surface area contributed by atoms with Gasteiger partial charge in [-0.15, -0.1) is 0 Å². The lowest BCUT2D eigenvalue weighted by Gasteiger charge is -2.23. The maximum absolute atomic E-state index is 6.14. The molecule has 1 heteroatoms. The standard InChI is InChI=1S/C14H15N/c15-14-7-3-6-12-11-5-2-1-4-10(11)8-9-13(12)14/h1-2,4-5,8-9,14H,3,6-7,15H2/t14-/m1/s1. The van der Waals surface area contributed by atoms with Gasteiger partial charge in [-0.05, 0) is 41.2 Å². The van der Waals surface area contributed by atoms with Crippen LogP contribution in [0.15, 0.2) is 36.4 Å².